The fraction of sp³-hybridized carbons (Fsp3) is 0. The molecule has 3 aromatic rings. The van der Waals surface area contributed by atoms with Crippen LogP contribution in [0.25, 0.3) is 16.6 Å². The molecule has 1 aromatic heterocycles. The van der Waals surface area contributed by atoms with E-state index >= 15 is 0 Å². The van der Waals surface area contributed by atoms with Crippen molar-refractivity contribution in [3.63, 3.8) is 0 Å². The third-order valence-corrected chi connectivity index (χ3v) is 2.95. The number of aromatic nitrogens is 2. The number of nitrogens with zero attached hydrogens (tertiary/aromatic N) is 2. The molecule has 0 amide bonds. The average molecular weight is 265 g/mol. The Morgan fingerprint density at radius 1 is 1.11 bits per heavy atom. The molecule has 90 valence electrons. The van der Waals surface area contributed by atoms with Crippen LogP contribution in [0.3, 0.4) is 0 Å². The van der Waals surface area contributed by atoms with E-state index in [0.717, 1.165) is 11.5 Å². The van der Waals surface area contributed by atoms with Gasteiger partial charge in [-0.25, -0.2) is 13.5 Å². The van der Waals surface area contributed by atoms with Gasteiger partial charge in [0.05, 0.1) is 5.02 Å². The van der Waals surface area contributed by atoms with Gasteiger partial charge in [0, 0.05) is 17.6 Å². The number of fused-ring (bicyclic) bond motifs is 1. The van der Waals surface area contributed by atoms with Crippen LogP contribution in [0.2, 0.25) is 5.02 Å². The highest BCUT2D eigenvalue weighted by molar-refractivity contribution is 6.35. The lowest BCUT2D eigenvalue weighted by molar-refractivity contribution is 0.574. The molecular formula is C13H7ClF2N2. The molecule has 5 heteroatoms. The molecule has 0 saturated carbocycles. The minimum Gasteiger partial charge on any atom is -0.237 e. The van der Waals surface area contributed by atoms with E-state index in [1.165, 1.54) is 16.8 Å². The lowest BCUT2D eigenvalue weighted by atomic mass is 10.2. The summed E-state index contributed by atoms with van der Waals surface area (Å²) in [5.41, 5.74) is 0.770. The van der Waals surface area contributed by atoms with Crippen molar-refractivity contribution in [3.8, 4) is 5.69 Å². The fourth-order valence-corrected chi connectivity index (χ4v) is 2.02. The molecule has 0 aliphatic carbocycles. The van der Waals surface area contributed by atoms with Gasteiger partial charge in [0.1, 0.15) is 17.0 Å². The maximum atomic E-state index is 13.6. The number of halogens is 3. The molecular weight excluding hydrogens is 258 g/mol. The first-order valence-corrected chi connectivity index (χ1v) is 5.62. The van der Waals surface area contributed by atoms with Crippen LogP contribution >= 0.6 is 11.6 Å². The van der Waals surface area contributed by atoms with E-state index < -0.39 is 11.6 Å². The maximum absolute atomic E-state index is 13.6. The highest BCUT2D eigenvalue weighted by Gasteiger charge is 2.09. The second-order valence-corrected chi connectivity index (χ2v) is 4.25. The first-order chi connectivity index (χ1) is 8.65. The van der Waals surface area contributed by atoms with Gasteiger partial charge >= 0.3 is 0 Å². The summed E-state index contributed by atoms with van der Waals surface area (Å²) >= 11 is 5.99. The Bertz CT molecular complexity index is 737. The van der Waals surface area contributed by atoms with Gasteiger partial charge in [-0.2, -0.15) is 5.10 Å². The van der Waals surface area contributed by atoms with Gasteiger partial charge in [-0.3, -0.25) is 0 Å². The Kier molecular flexibility index (Phi) is 2.52. The minimum absolute atomic E-state index is 0.184. The van der Waals surface area contributed by atoms with Crippen molar-refractivity contribution in [2.45, 2.75) is 0 Å². The largest absolute Gasteiger partial charge is 0.237 e. The van der Waals surface area contributed by atoms with Crippen molar-refractivity contribution in [2.24, 2.45) is 0 Å². The monoisotopic (exact) mass is 264 g/mol. The van der Waals surface area contributed by atoms with Gasteiger partial charge in [0.2, 0.25) is 0 Å². The first-order valence-electron chi connectivity index (χ1n) is 5.24. The highest BCUT2D eigenvalue weighted by atomic mass is 35.5. The summed E-state index contributed by atoms with van der Waals surface area (Å²) in [4.78, 5) is 0. The van der Waals surface area contributed by atoms with Crippen molar-refractivity contribution in [1.82, 2.24) is 9.78 Å². The molecule has 1 heterocycles. The van der Waals surface area contributed by atoms with Gasteiger partial charge < -0.3 is 0 Å². The predicted octanol–water partition coefficient (Wildman–Crippen LogP) is 3.96. The quantitative estimate of drug-likeness (QED) is 0.651. The predicted molar refractivity (Wildman–Crippen MR) is 66.0 cm³/mol. The lowest BCUT2D eigenvalue weighted by Crippen LogP contribution is -1.98. The lowest BCUT2D eigenvalue weighted by Gasteiger charge is -2.02. The van der Waals surface area contributed by atoms with Gasteiger partial charge in [-0.1, -0.05) is 23.7 Å². The second-order valence-electron chi connectivity index (χ2n) is 3.85. The molecule has 0 radical (unpaired) electrons. The van der Waals surface area contributed by atoms with E-state index in [1.807, 2.05) is 6.07 Å². The van der Waals surface area contributed by atoms with E-state index in [0.29, 0.717) is 10.5 Å². The topological polar surface area (TPSA) is 17.8 Å². The smallest absolute Gasteiger partial charge is 0.151 e. The maximum Gasteiger partial charge on any atom is 0.151 e. The summed E-state index contributed by atoms with van der Waals surface area (Å²) in [5, 5.41) is 5.49. The van der Waals surface area contributed by atoms with E-state index in [2.05, 4.69) is 5.10 Å². The highest BCUT2D eigenvalue weighted by Crippen LogP contribution is 2.24. The van der Waals surface area contributed by atoms with Crippen LogP contribution in [0.5, 0.6) is 0 Å². The first kappa shape index (κ1) is 11.2. The van der Waals surface area contributed by atoms with E-state index in [9.17, 15) is 8.78 Å². The standard InChI is InChI=1S/C13H7ClF2N2/c14-10-3-1-2-8-7-18(17-13(8)10)12-5-4-9(15)6-11(12)16/h1-7H. The van der Waals surface area contributed by atoms with Crippen LogP contribution in [-0.4, -0.2) is 9.78 Å². The van der Waals surface area contributed by atoms with E-state index in [4.69, 9.17) is 11.6 Å². The molecule has 0 bridgehead atoms. The van der Waals surface area contributed by atoms with E-state index in [-0.39, 0.29) is 5.69 Å². The SMILES string of the molecule is Fc1ccc(-n2cc3cccc(Cl)c3n2)c(F)c1. The zero-order valence-corrected chi connectivity index (χ0v) is 9.83. The van der Waals surface area contributed by atoms with Gasteiger partial charge in [-0.05, 0) is 18.2 Å². The Hall–Kier alpha value is -1.94. The van der Waals surface area contributed by atoms with E-state index in [1.54, 1.807) is 18.3 Å². The van der Waals surface area contributed by atoms with Crippen molar-refractivity contribution >= 4 is 22.5 Å². The zero-order chi connectivity index (χ0) is 12.7. The number of rotatable bonds is 1. The van der Waals surface area contributed by atoms with Gasteiger partial charge in [0.25, 0.3) is 0 Å². The summed E-state index contributed by atoms with van der Waals surface area (Å²) in [6.45, 7) is 0. The Labute approximate surface area is 106 Å². The molecule has 0 atom stereocenters. The molecule has 3 rings (SSSR count). The van der Waals surface area contributed by atoms with Crippen LogP contribution in [-0.2, 0) is 0 Å². The zero-order valence-electron chi connectivity index (χ0n) is 9.07. The van der Waals surface area contributed by atoms with Crippen LogP contribution in [0.1, 0.15) is 0 Å². The molecule has 0 aliphatic heterocycles. The molecule has 2 aromatic carbocycles. The van der Waals surface area contributed by atoms with Crippen molar-refractivity contribution in [1.29, 1.82) is 0 Å². The molecule has 0 fully saturated rings. The summed E-state index contributed by atoms with van der Waals surface area (Å²) in [5.74, 6) is -1.29. The van der Waals surface area contributed by atoms with Crippen molar-refractivity contribution in [2.75, 3.05) is 0 Å². The molecule has 0 N–H and O–H groups in total. The minimum atomic E-state index is -0.668. The van der Waals surface area contributed by atoms with Crippen LogP contribution in [0.4, 0.5) is 8.78 Å². The molecule has 2 nitrogen and oxygen atoms in total. The average Bonchev–Trinajstić information content (AvgIpc) is 2.74. The number of hydrogen-bond donors (Lipinski definition) is 0. The summed E-state index contributed by atoms with van der Waals surface area (Å²) < 4.78 is 27.8. The van der Waals surface area contributed by atoms with Crippen molar-refractivity contribution in [3.05, 3.63) is 59.3 Å². The second kappa shape index (κ2) is 4.07. The van der Waals surface area contributed by atoms with Crippen LogP contribution < -0.4 is 0 Å². The number of benzene rings is 2. The summed E-state index contributed by atoms with van der Waals surface area (Å²) in [6, 6.07) is 8.67. The Balaban J connectivity index is 2.23. The normalized spacial score (nSPS) is 11.1. The summed E-state index contributed by atoms with van der Waals surface area (Å²) in [6.07, 6.45) is 1.65. The Morgan fingerprint density at radius 2 is 1.94 bits per heavy atom. The molecule has 0 unspecified atom stereocenters. The van der Waals surface area contributed by atoms with Gasteiger partial charge in [0.15, 0.2) is 5.82 Å². The molecule has 0 aliphatic rings. The van der Waals surface area contributed by atoms with Crippen molar-refractivity contribution < 1.29 is 8.78 Å². The van der Waals surface area contributed by atoms with Crippen LogP contribution in [0, 0.1) is 11.6 Å². The fourth-order valence-electron chi connectivity index (χ4n) is 1.80. The van der Waals surface area contributed by atoms with Gasteiger partial charge in [-0.15, -0.1) is 0 Å². The molecule has 0 spiro atoms. The third kappa shape index (κ3) is 1.75. The van der Waals surface area contributed by atoms with Crippen LogP contribution in [0.15, 0.2) is 42.6 Å². The Morgan fingerprint density at radius 3 is 2.67 bits per heavy atom. The summed E-state index contributed by atoms with van der Waals surface area (Å²) in [7, 11) is 0. The molecule has 18 heavy (non-hydrogen) atoms. The molecule has 0 saturated heterocycles. The third-order valence-electron chi connectivity index (χ3n) is 2.64. The number of hydrogen-bond acceptors (Lipinski definition) is 1.